The maximum Gasteiger partial charge on any atom is 0.305 e. The minimum absolute atomic E-state index is 0.0376. The molecule has 7 atom stereocenters. The van der Waals surface area contributed by atoms with Gasteiger partial charge < -0.3 is 19.4 Å². The first-order chi connectivity index (χ1) is 22.2. The third-order valence-corrected chi connectivity index (χ3v) is 13.1. The number of carbonyl (C=O) groups is 3. The lowest BCUT2D eigenvalue weighted by Crippen LogP contribution is -2.43. The SMILES string of the molecule is O=C(COc1ccc(Br)cc1[C@H]1c2sc(=O)[nH]c2SC2C3CC(C4C(=O)N(c5ccc([N+](=O)[O-])cc5)C(=O)C34)C21)N1CCOCC1. The number of aromatic amines is 1. The number of rotatable bonds is 6. The fourth-order valence-corrected chi connectivity index (χ4v) is 11.5. The number of benzene rings is 2. The van der Waals surface area contributed by atoms with E-state index in [1.807, 2.05) is 18.2 Å². The molecule has 3 amide bonds. The van der Waals surface area contributed by atoms with E-state index in [9.17, 15) is 29.3 Å². The molecule has 4 fully saturated rings. The molecular weight excluding hydrogens is 700 g/mol. The lowest BCUT2D eigenvalue weighted by molar-refractivity contribution is -0.384. The van der Waals surface area contributed by atoms with Gasteiger partial charge in [-0.05, 0) is 54.5 Å². The maximum atomic E-state index is 14.1. The largest absolute Gasteiger partial charge is 0.483 e. The van der Waals surface area contributed by atoms with E-state index in [-0.39, 0.29) is 63.8 Å². The summed E-state index contributed by atoms with van der Waals surface area (Å²) >= 11 is 6.34. The summed E-state index contributed by atoms with van der Waals surface area (Å²) in [6.45, 7) is 1.85. The molecule has 2 saturated carbocycles. The number of non-ortho nitro benzene ring substituents is 1. The van der Waals surface area contributed by atoms with E-state index in [0.717, 1.165) is 31.3 Å². The molecule has 2 aromatic carbocycles. The minimum Gasteiger partial charge on any atom is -0.483 e. The number of ether oxygens (including phenoxy) is 2. The number of nitro groups is 1. The van der Waals surface area contributed by atoms with Gasteiger partial charge >= 0.3 is 4.87 Å². The third kappa shape index (κ3) is 4.65. The zero-order valence-electron chi connectivity index (χ0n) is 24.1. The van der Waals surface area contributed by atoms with Crippen molar-refractivity contribution in [2.24, 2.45) is 29.6 Å². The molecule has 4 heterocycles. The summed E-state index contributed by atoms with van der Waals surface area (Å²) in [6.07, 6.45) is 0.707. The number of amides is 3. The number of anilines is 1. The van der Waals surface area contributed by atoms with Gasteiger partial charge in [0, 0.05) is 51.3 Å². The normalized spacial score (nSPS) is 29.5. The summed E-state index contributed by atoms with van der Waals surface area (Å²) in [7, 11) is 0. The highest BCUT2D eigenvalue weighted by Gasteiger charge is 2.70. The number of fused-ring (bicyclic) bond motifs is 9. The Kier molecular flexibility index (Phi) is 7.34. The molecule has 46 heavy (non-hydrogen) atoms. The molecule has 5 aliphatic rings. The highest BCUT2D eigenvalue weighted by Crippen LogP contribution is 2.69. The van der Waals surface area contributed by atoms with Gasteiger partial charge in [0.1, 0.15) is 5.75 Å². The van der Waals surface area contributed by atoms with Gasteiger partial charge in [0.2, 0.25) is 11.8 Å². The summed E-state index contributed by atoms with van der Waals surface area (Å²) in [5, 5.41) is 11.9. The van der Waals surface area contributed by atoms with Crippen LogP contribution in [0.1, 0.15) is 22.8 Å². The van der Waals surface area contributed by atoms with Crippen LogP contribution in [0.25, 0.3) is 0 Å². The van der Waals surface area contributed by atoms with Gasteiger partial charge in [0.05, 0.1) is 40.7 Å². The Morgan fingerprint density at radius 2 is 1.78 bits per heavy atom. The molecule has 1 aromatic heterocycles. The standard InChI is InChI=1S/C31H27BrN4O8S2/c32-14-1-6-20(44-13-21(37)34-7-9-43-10-8-34)17(11-14)22-23-18-12-19(26(23)45-28-27(22)46-31(40)33-28)25-24(18)29(38)35(30(25)39)15-2-4-16(5-3-15)36(41)42/h1-6,11,18-19,22-26H,7-10,12-13H2,(H,33,40)/t18?,19?,22-,23?,24?,25?,26?/m1/s1. The van der Waals surface area contributed by atoms with Crippen molar-refractivity contribution >= 4 is 68.1 Å². The number of thiazole rings is 1. The Balaban J connectivity index is 1.15. The molecule has 8 rings (SSSR count). The van der Waals surface area contributed by atoms with Crippen LogP contribution in [0.4, 0.5) is 11.4 Å². The van der Waals surface area contributed by atoms with Gasteiger partial charge in [-0.2, -0.15) is 0 Å². The molecule has 6 unspecified atom stereocenters. The average molecular weight is 728 g/mol. The summed E-state index contributed by atoms with van der Waals surface area (Å²) in [5.41, 5.74) is 1.04. The second-order valence-electron chi connectivity index (χ2n) is 12.2. The summed E-state index contributed by atoms with van der Waals surface area (Å²) in [4.78, 5) is 71.0. The second kappa shape index (κ2) is 11.3. The molecule has 3 aliphatic heterocycles. The molecule has 15 heteroatoms. The van der Waals surface area contributed by atoms with E-state index in [1.54, 1.807) is 16.7 Å². The molecule has 0 spiro atoms. The highest BCUT2D eigenvalue weighted by molar-refractivity contribution is 9.10. The molecule has 2 aliphatic carbocycles. The van der Waals surface area contributed by atoms with Crippen LogP contribution in [-0.4, -0.2) is 70.7 Å². The monoisotopic (exact) mass is 726 g/mol. The van der Waals surface area contributed by atoms with Crippen molar-refractivity contribution in [1.29, 1.82) is 0 Å². The molecule has 12 nitrogen and oxygen atoms in total. The lowest BCUT2D eigenvalue weighted by atomic mass is 9.68. The van der Waals surface area contributed by atoms with E-state index < -0.39 is 16.8 Å². The smallest absolute Gasteiger partial charge is 0.305 e. The maximum absolute atomic E-state index is 14.1. The fraction of sp³-hybridized carbons (Fsp3) is 0.419. The first-order valence-corrected chi connectivity index (χ1v) is 17.5. The molecule has 2 bridgehead atoms. The predicted molar refractivity (Wildman–Crippen MR) is 171 cm³/mol. The average Bonchev–Trinajstić information content (AvgIpc) is 3.79. The second-order valence-corrected chi connectivity index (χ2v) is 15.3. The Morgan fingerprint density at radius 3 is 2.50 bits per heavy atom. The molecular formula is C31H27BrN4O8S2. The van der Waals surface area contributed by atoms with Gasteiger partial charge in [0.25, 0.3) is 11.6 Å². The molecule has 1 N–H and O–H groups in total. The van der Waals surface area contributed by atoms with Crippen molar-refractivity contribution in [2.75, 3.05) is 37.8 Å². The fourth-order valence-electron chi connectivity index (χ4n) is 8.28. The Labute approximate surface area is 278 Å². The van der Waals surface area contributed by atoms with Gasteiger partial charge in [0.15, 0.2) is 6.61 Å². The third-order valence-electron chi connectivity index (χ3n) is 10.1. The van der Waals surface area contributed by atoms with Gasteiger partial charge in [-0.1, -0.05) is 27.3 Å². The topological polar surface area (TPSA) is 152 Å². The number of nitrogens with zero attached hydrogens (tertiary/aromatic N) is 3. The van der Waals surface area contributed by atoms with Crippen molar-refractivity contribution in [2.45, 2.75) is 22.6 Å². The molecule has 238 valence electrons. The number of carbonyl (C=O) groups excluding carboxylic acids is 3. The number of morpholine rings is 1. The van der Waals surface area contributed by atoms with Gasteiger partial charge in [-0.25, -0.2) is 0 Å². The van der Waals surface area contributed by atoms with Crippen molar-refractivity contribution in [3.63, 3.8) is 0 Å². The first kappa shape index (κ1) is 29.8. The van der Waals surface area contributed by atoms with E-state index in [0.29, 0.717) is 44.2 Å². The number of hydrogen-bond donors (Lipinski definition) is 1. The number of halogens is 1. The van der Waals surface area contributed by atoms with E-state index in [2.05, 4.69) is 20.9 Å². The van der Waals surface area contributed by atoms with Gasteiger partial charge in [-0.15, -0.1) is 11.8 Å². The zero-order valence-corrected chi connectivity index (χ0v) is 27.3. The van der Waals surface area contributed by atoms with Crippen molar-refractivity contribution in [1.82, 2.24) is 9.88 Å². The van der Waals surface area contributed by atoms with Crippen LogP contribution in [0.3, 0.4) is 0 Å². The van der Waals surface area contributed by atoms with Crippen LogP contribution in [-0.2, 0) is 19.1 Å². The summed E-state index contributed by atoms with van der Waals surface area (Å²) in [5.74, 6) is -1.80. The summed E-state index contributed by atoms with van der Waals surface area (Å²) in [6, 6.07) is 11.2. The number of imide groups is 1. The van der Waals surface area contributed by atoms with Gasteiger partial charge in [-0.3, -0.25) is 34.2 Å². The van der Waals surface area contributed by atoms with Crippen LogP contribution < -0.4 is 14.5 Å². The Bertz CT molecular complexity index is 1840. The van der Waals surface area contributed by atoms with Crippen molar-refractivity contribution in [3.8, 4) is 5.75 Å². The molecule has 0 radical (unpaired) electrons. The zero-order chi connectivity index (χ0) is 31.9. The van der Waals surface area contributed by atoms with E-state index in [4.69, 9.17) is 9.47 Å². The highest BCUT2D eigenvalue weighted by atomic mass is 79.9. The summed E-state index contributed by atoms with van der Waals surface area (Å²) < 4.78 is 12.4. The van der Waals surface area contributed by atoms with E-state index >= 15 is 0 Å². The first-order valence-electron chi connectivity index (χ1n) is 15.0. The lowest BCUT2D eigenvalue weighted by Gasteiger charge is -2.43. The number of nitro benzene ring substituents is 1. The Morgan fingerprint density at radius 1 is 1.07 bits per heavy atom. The van der Waals surface area contributed by atoms with Crippen LogP contribution in [0.15, 0.2) is 56.8 Å². The number of H-pyrrole nitrogens is 1. The van der Waals surface area contributed by atoms with Crippen LogP contribution >= 0.6 is 39.0 Å². The van der Waals surface area contributed by atoms with Crippen LogP contribution in [0, 0.1) is 39.7 Å². The number of aromatic nitrogens is 1. The number of nitrogens with one attached hydrogen (secondary N) is 1. The van der Waals surface area contributed by atoms with E-state index in [1.165, 1.54) is 29.2 Å². The van der Waals surface area contributed by atoms with Crippen molar-refractivity contribution in [3.05, 3.63) is 77.2 Å². The quantitative estimate of drug-likeness (QED) is 0.226. The predicted octanol–water partition coefficient (Wildman–Crippen LogP) is 4.02. The molecule has 2 saturated heterocycles. The van der Waals surface area contributed by atoms with Crippen LogP contribution in [0.2, 0.25) is 0 Å². The number of thioether (sulfide) groups is 1. The van der Waals surface area contributed by atoms with Crippen LogP contribution in [0.5, 0.6) is 5.75 Å². The minimum atomic E-state index is -0.534. The van der Waals surface area contributed by atoms with Crippen molar-refractivity contribution < 1.29 is 28.8 Å². The number of hydrogen-bond acceptors (Lipinski definition) is 10. The Hall–Kier alpha value is -3.53. The molecule has 3 aromatic rings.